The van der Waals surface area contributed by atoms with Crippen molar-refractivity contribution < 1.29 is 18.0 Å². The molecule has 1 amide bonds. The third-order valence-electron chi connectivity index (χ3n) is 5.86. The molecule has 11 heteroatoms. The fraction of sp³-hybridized carbons (Fsp3) is 0.550. The van der Waals surface area contributed by atoms with Crippen LogP contribution in [0.3, 0.4) is 0 Å². The van der Waals surface area contributed by atoms with E-state index in [0.717, 1.165) is 42.6 Å². The zero-order valence-corrected chi connectivity index (χ0v) is 17.5. The summed E-state index contributed by atoms with van der Waals surface area (Å²) < 4.78 is 37.7. The topological polar surface area (TPSA) is 95.9 Å². The van der Waals surface area contributed by atoms with E-state index in [2.05, 4.69) is 25.6 Å². The molecule has 8 nitrogen and oxygen atoms in total. The molecular weight excluding hydrogens is 411 g/mol. The monoisotopic (exact) mass is 435 g/mol. The van der Waals surface area contributed by atoms with Gasteiger partial charge in [0.25, 0.3) is 0 Å². The molecule has 1 saturated carbocycles. The molecule has 3 heterocycles. The van der Waals surface area contributed by atoms with Gasteiger partial charge in [-0.1, -0.05) is 6.92 Å². The summed E-state index contributed by atoms with van der Waals surface area (Å²) in [7, 11) is 1.87. The standard InChI is InChI=1S/C20H24F3N7O/c1-4-13-19(31)29-17-10(2)26-15(28-18(17)30(13)3)7-11-5-12(6-11)27-16-9-24-14(8-25-16)20(21,22)23/h8-9,11-13H,4-7H2,1-3H3,(H,25,27)(H,29,31)/t11?,12?,13-/m0/s1. The molecule has 2 aromatic heterocycles. The van der Waals surface area contributed by atoms with Crippen LogP contribution in [0.5, 0.6) is 0 Å². The molecule has 0 spiro atoms. The Balaban J connectivity index is 1.36. The molecule has 4 rings (SSSR count). The third kappa shape index (κ3) is 4.26. The van der Waals surface area contributed by atoms with Gasteiger partial charge in [-0.15, -0.1) is 0 Å². The van der Waals surface area contributed by atoms with Crippen LogP contribution in [0.15, 0.2) is 12.4 Å². The second-order valence-corrected chi connectivity index (χ2v) is 8.12. The number of nitrogens with one attached hydrogen (secondary N) is 2. The Labute approximate surface area is 177 Å². The lowest BCUT2D eigenvalue weighted by molar-refractivity contribution is -0.141. The van der Waals surface area contributed by atoms with Crippen LogP contribution in [0.1, 0.15) is 43.4 Å². The van der Waals surface area contributed by atoms with Gasteiger partial charge in [-0.25, -0.2) is 19.9 Å². The number of carbonyl (C=O) groups is 1. The highest BCUT2D eigenvalue weighted by atomic mass is 19.4. The number of aryl methyl sites for hydroxylation is 1. The largest absolute Gasteiger partial charge is 0.434 e. The molecule has 2 aliphatic rings. The number of hydrogen-bond donors (Lipinski definition) is 2. The summed E-state index contributed by atoms with van der Waals surface area (Å²) >= 11 is 0. The number of nitrogens with zero attached hydrogens (tertiary/aromatic N) is 5. The molecule has 0 radical (unpaired) electrons. The van der Waals surface area contributed by atoms with E-state index >= 15 is 0 Å². The molecule has 2 N–H and O–H groups in total. The number of likely N-dealkylation sites (N-methyl/N-ethyl adjacent to an activating group) is 1. The highest BCUT2D eigenvalue weighted by Crippen LogP contribution is 2.35. The molecule has 31 heavy (non-hydrogen) atoms. The van der Waals surface area contributed by atoms with Gasteiger partial charge in [0.1, 0.15) is 23.4 Å². The molecule has 2 aromatic rings. The maximum atomic E-state index is 12.6. The molecule has 1 atom stereocenters. The lowest BCUT2D eigenvalue weighted by atomic mass is 9.78. The Morgan fingerprint density at radius 1 is 1.23 bits per heavy atom. The molecule has 1 fully saturated rings. The highest BCUT2D eigenvalue weighted by molar-refractivity contribution is 6.03. The fourth-order valence-electron chi connectivity index (χ4n) is 4.13. The van der Waals surface area contributed by atoms with Crippen LogP contribution >= 0.6 is 0 Å². The summed E-state index contributed by atoms with van der Waals surface area (Å²) in [5.74, 6) is 2.12. The number of fused-ring (bicyclic) bond motifs is 1. The van der Waals surface area contributed by atoms with Gasteiger partial charge in [0.05, 0.1) is 18.1 Å². The maximum absolute atomic E-state index is 12.6. The van der Waals surface area contributed by atoms with Crippen molar-refractivity contribution in [2.45, 2.75) is 57.8 Å². The summed E-state index contributed by atoms with van der Waals surface area (Å²) in [5, 5.41) is 6.04. The van der Waals surface area contributed by atoms with E-state index in [1.54, 1.807) is 0 Å². The van der Waals surface area contributed by atoms with Crippen LogP contribution < -0.4 is 15.5 Å². The van der Waals surface area contributed by atoms with Gasteiger partial charge in [-0.2, -0.15) is 13.2 Å². The number of anilines is 3. The summed E-state index contributed by atoms with van der Waals surface area (Å²) in [6, 6.07) is -0.127. The average molecular weight is 435 g/mol. The quantitative estimate of drug-likeness (QED) is 0.745. The van der Waals surface area contributed by atoms with Crippen LogP contribution in [0.2, 0.25) is 0 Å². The minimum absolute atomic E-state index is 0.0452. The number of halogens is 3. The first-order chi connectivity index (χ1) is 14.7. The van der Waals surface area contributed by atoms with Gasteiger partial charge in [-0.05, 0) is 32.1 Å². The summed E-state index contributed by atoms with van der Waals surface area (Å²) in [6.45, 7) is 3.82. The summed E-state index contributed by atoms with van der Waals surface area (Å²) in [4.78, 5) is 30.6. The van der Waals surface area contributed by atoms with Gasteiger partial charge >= 0.3 is 6.18 Å². The SMILES string of the molecule is CC[C@H]1C(=O)Nc2c(C)nc(CC3CC(Nc4cnc(C(F)(F)F)cn4)C3)nc2N1C. The van der Waals surface area contributed by atoms with Gasteiger partial charge in [-0.3, -0.25) is 4.79 Å². The van der Waals surface area contributed by atoms with Gasteiger partial charge < -0.3 is 15.5 Å². The number of amides is 1. The summed E-state index contributed by atoms with van der Waals surface area (Å²) in [6.07, 6.45) is 0.417. The first-order valence-corrected chi connectivity index (χ1v) is 10.2. The maximum Gasteiger partial charge on any atom is 0.434 e. The van der Waals surface area contributed by atoms with Crippen LogP contribution in [0.4, 0.5) is 30.5 Å². The van der Waals surface area contributed by atoms with Crippen molar-refractivity contribution in [1.82, 2.24) is 19.9 Å². The first kappa shape index (κ1) is 21.3. The van der Waals surface area contributed by atoms with Crippen LogP contribution in [-0.4, -0.2) is 45.0 Å². The molecule has 0 bridgehead atoms. The predicted molar refractivity (Wildman–Crippen MR) is 109 cm³/mol. The van der Waals surface area contributed by atoms with Crippen molar-refractivity contribution in [3.63, 3.8) is 0 Å². The van der Waals surface area contributed by atoms with Crippen molar-refractivity contribution in [2.24, 2.45) is 5.92 Å². The fourth-order valence-corrected chi connectivity index (χ4v) is 4.13. The number of alkyl halides is 3. The molecule has 0 unspecified atom stereocenters. The van der Waals surface area contributed by atoms with Crippen molar-refractivity contribution in [2.75, 3.05) is 22.6 Å². The Kier molecular flexibility index (Phi) is 5.44. The second kappa shape index (κ2) is 7.93. The molecule has 1 aliphatic heterocycles. The first-order valence-electron chi connectivity index (χ1n) is 10.2. The van der Waals surface area contributed by atoms with Gasteiger partial charge in [0.15, 0.2) is 11.5 Å². The lowest BCUT2D eigenvalue weighted by Gasteiger charge is -2.37. The Morgan fingerprint density at radius 3 is 2.58 bits per heavy atom. The zero-order valence-electron chi connectivity index (χ0n) is 17.5. The van der Waals surface area contributed by atoms with Gasteiger partial charge in [0, 0.05) is 19.5 Å². The predicted octanol–water partition coefficient (Wildman–Crippen LogP) is 3.19. The molecule has 166 valence electrons. The van der Waals surface area contributed by atoms with E-state index in [0.29, 0.717) is 30.3 Å². The Morgan fingerprint density at radius 2 is 1.97 bits per heavy atom. The van der Waals surface area contributed by atoms with E-state index in [4.69, 9.17) is 4.98 Å². The van der Waals surface area contributed by atoms with E-state index < -0.39 is 11.9 Å². The molecule has 0 aromatic carbocycles. The van der Waals surface area contributed by atoms with Crippen molar-refractivity contribution >= 4 is 23.2 Å². The smallest absolute Gasteiger partial charge is 0.366 e. The highest BCUT2D eigenvalue weighted by Gasteiger charge is 2.35. The van der Waals surface area contributed by atoms with Gasteiger partial charge in [0.2, 0.25) is 5.91 Å². The minimum atomic E-state index is -4.49. The minimum Gasteiger partial charge on any atom is -0.366 e. The molecule has 1 aliphatic carbocycles. The average Bonchev–Trinajstić information content (AvgIpc) is 2.67. The van der Waals surface area contributed by atoms with E-state index in [9.17, 15) is 18.0 Å². The van der Waals surface area contributed by atoms with E-state index in [1.165, 1.54) is 0 Å². The van der Waals surface area contributed by atoms with E-state index in [1.807, 2.05) is 25.8 Å². The van der Waals surface area contributed by atoms with Crippen LogP contribution in [0, 0.1) is 12.8 Å². The Bertz CT molecular complexity index is 974. The second-order valence-electron chi connectivity index (χ2n) is 8.12. The Hall–Kier alpha value is -2.98. The van der Waals surface area contributed by atoms with E-state index in [-0.39, 0.29) is 18.0 Å². The van der Waals surface area contributed by atoms with Crippen LogP contribution in [0.25, 0.3) is 0 Å². The van der Waals surface area contributed by atoms with Crippen LogP contribution in [-0.2, 0) is 17.4 Å². The lowest BCUT2D eigenvalue weighted by Crippen LogP contribution is -2.46. The number of hydrogen-bond acceptors (Lipinski definition) is 7. The summed E-state index contributed by atoms with van der Waals surface area (Å²) in [5.41, 5.74) is 0.398. The van der Waals surface area contributed by atoms with Crippen molar-refractivity contribution in [1.29, 1.82) is 0 Å². The third-order valence-corrected chi connectivity index (χ3v) is 5.86. The molecule has 0 saturated heterocycles. The number of carbonyl (C=O) groups excluding carboxylic acids is 1. The number of rotatable bonds is 5. The van der Waals surface area contributed by atoms with Crippen molar-refractivity contribution in [3.05, 3.63) is 29.6 Å². The normalized spacial score (nSPS) is 23.1. The van der Waals surface area contributed by atoms with Crippen molar-refractivity contribution in [3.8, 4) is 0 Å². The zero-order chi connectivity index (χ0) is 22.3. The molecular formula is C20H24F3N7O. The number of aromatic nitrogens is 4.